The molecule has 0 aliphatic rings. The van der Waals surface area contributed by atoms with Gasteiger partial charge in [0.15, 0.2) is 0 Å². The van der Waals surface area contributed by atoms with Crippen LogP contribution < -0.4 is 5.32 Å². The normalized spacial score (nSPS) is 12.7. The Morgan fingerprint density at radius 2 is 2.47 bits per heavy atom. The van der Waals surface area contributed by atoms with Crippen LogP contribution in [-0.2, 0) is 7.05 Å². The van der Waals surface area contributed by atoms with Gasteiger partial charge in [0.25, 0.3) is 0 Å². The Morgan fingerprint density at radius 1 is 1.60 bits per heavy atom. The molecule has 0 saturated heterocycles. The Balaban J connectivity index is 1.88. The van der Waals surface area contributed by atoms with Gasteiger partial charge in [-0.05, 0) is 12.1 Å². The molecule has 2 aromatic heterocycles. The highest BCUT2D eigenvalue weighted by Gasteiger charge is 2.09. The highest BCUT2D eigenvalue weighted by Crippen LogP contribution is 2.13. The molecule has 1 unspecified atom stereocenters. The lowest BCUT2D eigenvalue weighted by Crippen LogP contribution is -2.11. The zero-order chi connectivity index (χ0) is 10.7. The Morgan fingerprint density at radius 3 is 3.07 bits per heavy atom. The van der Waals surface area contributed by atoms with Crippen molar-refractivity contribution >= 4 is 5.82 Å². The van der Waals surface area contributed by atoms with Gasteiger partial charge in [-0.1, -0.05) is 0 Å². The molecule has 0 spiro atoms. The van der Waals surface area contributed by atoms with E-state index >= 15 is 0 Å². The first-order valence-corrected chi connectivity index (χ1v) is 4.70. The molecule has 0 aliphatic carbocycles. The summed E-state index contributed by atoms with van der Waals surface area (Å²) in [6, 6.07) is 5.33. The molecule has 2 aromatic rings. The first-order chi connectivity index (χ1) is 7.25. The van der Waals surface area contributed by atoms with Crippen molar-refractivity contribution in [1.82, 2.24) is 9.78 Å². The number of aryl methyl sites for hydroxylation is 1. The summed E-state index contributed by atoms with van der Waals surface area (Å²) in [6.45, 7) is 0.379. The quantitative estimate of drug-likeness (QED) is 0.789. The molecular weight excluding hydrogens is 194 g/mol. The van der Waals surface area contributed by atoms with Crippen molar-refractivity contribution in [3.8, 4) is 0 Å². The van der Waals surface area contributed by atoms with Gasteiger partial charge in [0.2, 0.25) is 0 Å². The van der Waals surface area contributed by atoms with E-state index in [1.165, 1.54) is 0 Å². The van der Waals surface area contributed by atoms with Gasteiger partial charge in [0.05, 0.1) is 6.26 Å². The van der Waals surface area contributed by atoms with E-state index in [2.05, 4.69) is 10.4 Å². The summed E-state index contributed by atoms with van der Waals surface area (Å²) in [7, 11) is 1.84. The van der Waals surface area contributed by atoms with Crippen LogP contribution in [0.3, 0.4) is 0 Å². The number of aliphatic hydroxyl groups excluding tert-OH is 1. The molecule has 0 aromatic carbocycles. The number of aromatic nitrogens is 2. The zero-order valence-electron chi connectivity index (χ0n) is 8.42. The van der Waals surface area contributed by atoms with E-state index in [0.29, 0.717) is 12.3 Å². The number of anilines is 1. The van der Waals surface area contributed by atoms with Gasteiger partial charge in [-0.25, -0.2) is 0 Å². The largest absolute Gasteiger partial charge is 0.467 e. The third-order valence-corrected chi connectivity index (χ3v) is 2.06. The van der Waals surface area contributed by atoms with E-state index in [4.69, 9.17) is 4.42 Å². The molecule has 0 bridgehead atoms. The lowest BCUT2D eigenvalue weighted by atomic mass is 10.3. The SMILES string of the molecule is Cn1ccc(NCC(O)c2ccco2)n1. The van der Waals surface area contributed by atoms with Crippen LogP contribution in [0.2, 0.25) is 0 Å². The van der Waals surface area contributed by atoms with Crippen LogP contribution in [0.1, 0.15) is 11.9 Å². The number of hydrogen-bond acceptors (Lipinski definition) is 4. The fourth-order valence-corrected chi connectivity index (χ4v) is 1.29. The highest BCUT2D eigenvalue weighted by atomic mass is 16.4. The Kier molecular flexibility index (Phi) is 2.73. The van der Waals surface area contributed by atoms with Crippen molar-refractivity contribution in [1.29, 1.82) is 0 Å². The van der Waals surface area contributed by atoms with Gasteiger partial charge in [0, 0.05) is 25.9 Å². The summed E-state index contributed by atoms with van der Waals surface area (Å²) in [4.78, 5) is 0. The lowest BCUT2D eigenvalue weighted by Gasteiger charge is -2.07. The molecule has 0 aliphatic heterocycles. The summed E-state index contributed by atoms with van der Waals surface area (Å²) in [5, 5.41) is 16.8. The molecule has 5 nitrogen and oxygen atoms in total. The number of nitrogens with zero attached hydrogens (tertiary/aromatic N) is 2. The molecule has 5 heteroatoms. The molecule has 0 saturated carbocycles. The number of rotatable bonds is 4. The molecule has 0 fully saturated rings. The van der Waals surface area contributed by atoms with Crippen molar-refractivity contribution < 1.29 is 9.52 Å². The first kappa shape index (κ1) is 9.79. The van der Waals surface area contributed by atoms with Crippen LogP contribution >= 0.6 is 0 Å². The predicted octanol–water partition coefficient (Wildman–Crippen LogP) is 1.16. The van der Waals surface area contributed by atoms with Gasteiger partial charge in [-0.2, -0.15) is 5.10 Å². The Labute approximate surface area is 87.3 Å². The molecule has 0 amide bonds. The third-order valence-electron chi connectivity index (χ3n) is 2.06. The smallest absolute Gasteiger partial charge is 0.148 e. The van der Waals surface area contributed by atoms with Crippen molar-refractivity contribution in [2.75, 3.05) is 11.9 Å². The fourth-order valence-electron chi connectivity index (χ4n) is 1.29. The molecule has 80 valence electrons. The Bertz CT molecular complexity index is 408. The van der Waals surface area contributed by atoms with E-state index in [1.54, 1.807) is 23.1 Å². The van der Waals surface area contributed by atoms with E-state index in [-0.39, 0.29) is 0 Å². The standard InChI is InChI=1S/C10H13N3O2/c1-13-5-4-10(12-13)11-7-8(14)9-3-2-6-15-9/h2-6,8,14H,7H2,1H3,(H,11,12). The molecule has 15 heavy (non-hydrogen) atoms. The second kappa shape index (κ2) is 4.18. The van der Waals surface area contributed by atoms with Crippen LogP contribution in [-0.4, -0.2) is 21.4 Å². The van der Waals surface area contributed by atoms with E-state index in [0.717, 1.165) is 5.82 Å². The minimum absolute atomic E-state index is 0.379. The molecule has 2 heterocycles. The summed E-state index contributed by atoms with van der Waals surface area (Å²) in [5.74, 6) is 1.29. The second-order valence-electron chi connectivity index (χ2n) is 3.29. The minimum atomic E-state index is -0.651. The van der Waals surface area contributed by atoms with E-state index in [9.17, 15) is 5.11 Å². The number of furan rings is 1. The van der Waals surface area contributed by atoms with Crippen LogP contribution in [0, 0.1) is 0 Å². The van der Waals surface area contributed by atoms with Gasteiger partial charge >= 0.3 is 0 Å². The molecule has 0 radical (unpaired) electrons. The topological polar surface area (TPSA) is 63.2 Å². The maximum atomic E-state index is 9.69. The Hall–Kier alpha value is -1.75. The van der Waals surface area contributed by atoms with Crippen LogP contribution in [0.15, 0.2) is 35.1 Å². The van der Waals surface area contributed by atoms with Gasteiger partial charge in [-0.15, -0.1) is 0 Å². The van der Waals surface area contributed by atoms with Crippen molar-refractivity contribution in [3.63, 3.8) is 0 Å². The van der Waals surface area contributed by atoms with E-state index < -0.39 is 6.10 Å². The maximum Gasteiger partial charge on any atom is 0.148 e. The fraction of sp³-hybridized carbons (Fsp3) is 0.300. The molecular formula is C10H13N3O2. The minimum Gasteiger partial charge on any atom is -0.467 e. The number of nitrogens with one attached hydrogen (secondary N) is 1. The average molecular weight is 207 g/mol. The average Bonchev–Trinajstić information content (AvgIpc) is 2.84. The highest BCUT2D eigenvalue weighted by molar-refractivity contribution is 5.32. The molecule has 2 N–H and O–H groups in total. The van der Waals surface area contributed by atoms with Gasteiger partial charge < -0.3 is 14.8 Å². The third kappa shape index (κ3) is 2.38. The maximum absolute atomic E-state index is 9.69. The summed E-state index contributed by atoms with van der Waals surface area (Å²) in [5.41, 5.74) is 0. The second-order valence-corrected chi connectivity index (χ2v) is 3.29. The zero-order valence-corrected chi connectivity index (χ0v) is 8.42. The van der Waals surface area contributed by atoms with Gasteiger partial charge in [0.1, 0.15) is 17.7 Å². The summed E-state index contributed by atoms with van der Waals surface area (Å²) < 4.78 is 6.77. The van der Waals surface area contributed by atoms with E-state index in [1.807, 2.05) is 19.3 Å². The number of aliphatic hydroxyl groups is 1. The van der Waals surface area contributed by atoms with Crippen molar-refractivity contribution in [3.05, 3.63) is 36.4 Å². The number of hydrogen-bond donors (Lipinski definition) is 2. The van der Waals surface area contributed by atoms with Crippen LogP contribution in [0.4, 0.5) is 5.82 Å². The van der Waals surface area contributed by atoms with Crippen LogP contribution in [0.5, 0.6) is 0 Å². The lowest BCUT2D eigenvalue weighted by molar-refractivity contribution is 0.162. The molecule has 2 rings (SSSR count). The summed E-state index contributed by atoms with van der Waals surface area (Å²) in [6.07, 6.45) is 2.72. The summed E-state index contributed by atoms with van der Waals surface area (Å²) >= 11 is 0. The monoisotopic (exact) mass is 207 g/mol. The van der Waals surface area contributed by atoms with Crippen LogP contribution in [0.25, 0.3) is 0 Å². The molecule has 1 atom stereocenters. The van der Waals surface area contributed by atoms with Crippen molar-refractivity contribution in [2.24, 2.45) is 7.05 Å². The first-order valence-electron chi connectivity index (χ1n) is 4.70. The van der Waals surface area contributed by atoms with Crippen molar-refractivity contribution in [2.45, 2.75) is 6.10 Å². The predicted molar refractivity (Wildman–Crippen MR) is 55.4 cm³/mol. The van der Waals surface area contributed by atoms with Gasteiger partial charge in [-0.3, -0.25) is 4.68 Å².